The summed E-state index contributed by atoms with van der Waals surface area (Å²) in [5, 5.41) is 0.459. The topological polar surface area (TPSA) is 38.7 Å². The highest BCUT2D eigenvalue weighted by Crippen LogP contribution is 2.18. The molecule has 14 heavy (non-hydrogen) atoms. The number of aromatic nitrogens is 3. The second-order valence-electron chi connectivity index (χ2n) is 2.55. The normalized spacial score (nSPS) is 10.1. The van der Waals surface area contributed by atoms with Gasteiger partial charge in [-0.15, -0.1) is 0 Å². The molecule has 0 unspecified atom stereocenters. The molecule has 5 heteroatoms. The minimum absolute atomic E-state index is 0.459. The minimum Gasteiger partial charge on any atom is -0.253 e. The molecular weight excluding hydrogens is 312 g/mol. The van der Waals surface area contributed by atoms with Crippen LogP contribution in [0.3, 0.4) is 0 Å². The molecule has 0 aliphatic heterocycles. The molecule has 0 fully saturated rings. The van der Waals surface area contributed by atoms with Crippen LogP contribution >= 0.6 is 34.2 Å². The van der Waals surface area contributed by atoms with E-state index >= 15 is 0 Å². The number of hydrogen-bond donors (Lipinski definition) is 0. The van der Waals surface area contributed by atoms with Crippen LogP contribution in [0.15, 0.2) is 30.6 Å². The van der Waals surface area contributed by atoms with E-state index in [1.54, 1.807) is 12.4 Å². The lowest BCUT2D eigenvalue weighted by atomic mass is 10.3. The fourth-order valence-corrected chi connectivity index (χ4v) is 1.35. The van der Waals surface area contributed by atoms with Crippen LogP contribution in [0.4, 0.5) is 0 Å². The lowest BCUT2D eigenvalue weighted by Gasteiger charge is -1.99. The van der Waals surface area contributed by atoms with Gasteiger partial charge in [-0.2, -0.15) is 0 Å². The fraction of sp³-hybridized carbons (Fsp3) is 0. The zero-order valence-corrected chi connectivity index (χ0v) is 9.90. The molecular formula is C9H5ClIN3. The van der Waals surface area contributed by atoms with Gasteiger partial charge in [-0.05, 0) is 34.7 Å². The second kappa shape index (κ2) is 4.18. The van der Waals surface area contributed by atoms with E-state index in [0.717, 1.165) is 9.26 Å². The summed E-state index contributed by atoms with van der Waals surface area (Å²) >= 11 is 7.96. The molecule has 2 rings (SSSR count). The van der Waals surface area contributed by atoms with Crippen LogP contribution in [0.5, 0.6) is 0 Å². The van der Waals surface area contributed by atoms with E-state index in [9.17, 15) is 0 Å². The number of nitrogens with zero attached hydrogens (tertiary/aromatic N) is 3. The Kier molecular flexibility index (Phi) is 2.93. The van der Waals surface area contributed by atoms with Gasteiger partial charge in [-0.25, -0.2) is 9.97 Å². The SMILES string of the molecule is Clc1nc(-c2ccccn2)ncc1I. The van der Waals surface area contributed by atoms with Crippen molar-refractivity contribution >= 4 is 34.2 Å². The summed E-state index contributed by atoms with van der Waals surface area (Å²) in [5.41, 5.74) is 0.728. The Morgan fingerprint density at radius 3 is 2.71 bits per heavy atom. The van der Waals surface area contributed by atoms with E-state index < -0.39 is 0 Å². The molecule has 0 atom stereocenters. The van der Waals surface area contributed by atoms with Crippen molar-refractivity contribution in [2.45, 2.75) is 0 Å². The Bertz CT molecular complexity index is 447. The van der Waals surface area contributed by atoms with Crippen LogP contribution in [0, 0.1) is 3.57 Å². The summed E-state index contributed by atoms with van der Waals surface area (Å²) in [7, 11) is 0. The van der Waals surface area contributed by atoms with Gasteiger partial charge in [0.15, 0.2) is 5.82 Å². The first kappa shape index (κ1) is 9.79. The third kappa shape index (κ3) is 2.01. The second-order valence-corrected chi connectivity index (χ2v) is 4.07. The van der Waals surface area contributed by atoms with E-state index in [4.69, 9.17) is 11.6 Å². The molecule has 0 aliphatic rings. The van der Waals surface area contributed by atoms with Gasteiger partial charge in [0.2, 0.25) is 0 Å². The maximum atomic E-state index is 5.88. The Morgan fingerprint density at radius 2 is 2.07 bits per heavy atom. The predicted octanol–water partition coefficient (Wildman–Crippen LogP) is 2.80. The first-order chi connectivity index (χ1) is 6.77. The zero-order valence-electron chi connectivity index (χ0n) is 6.98. The number of rotatable bonds is 1. The van der Waals surface area contributed by atoms with Gasteiger partial charge in [0, 0.05) is 12.4 Å². The maximum absolute atomic E-state index is 5.88. The van der Waals surface area contributed by atoms with E-state index in [1.807, 2.05) is 18.2 Å². The van der Waals surface area contributed by atoms with E-state index in [1.165, 1.54) is 0 Å². The number of pyridine rings is 1. The maximum Gasteiger partial charge on any atom is 0.179 e. The largest absolute Gasteiger partial charge is 0.253 e. The molecule has 0 N–H and O–H groups in total. The van der Waals surface area contributed by atoms with Gasteiger partial charge in [-0.3, -0.25) is 4.98 Å². The Morgan fingerprint density at radius 1 is 1.21 bits per heavy atom. The monoisotopic (exact) mass is 317 g/mol. The van der Waals surface area contributed by atoms with Crippen molar-refractivity contribution in [1.29, 1.82) is 0 Å². The highest BCUT2D eigenvalue weighted by atomic mass is 127. The molecule has 2 aromatic rings. The number of hydrogen-bond acceptors (Lipinski definition) is 3. The van der Waals surface area contributed by atoms with Gasteiger partial charge in [0.25, 0.3) is 0 Å². The Labute approximate surface area is 99.7 Å². The minimum atomic E-state index is 0.459. The molecule has 0 aromatic carbocycles. The van der Waals surface area contributed by atoms with Gasteiger partial charge in [0.05, 0.1) is 3.57 Å². The Hall–Kier alpha value is -0.750. The molecule has 0 radical (unpaired) electrons. The summed E-state index contributed by atoms with van der Waals surface area (Å²) in [6.07, 6.45) is 3.38. The van der Waals surface area contributed by atoms with Crippen LogP contribution in [-0.2, 0) is 0 Å². The first-order valence-electron chi connectivity index (χ1n) is 3.87. The summed E-state index contributed by atoms with van der Waals surface area (Å²) < 4.78 is 0.837. The average molecular weight is 318 g/mol. The van der Waals surface area contributed by atoms with Crippen molar-refractivity contribution < 1.29 is 0 Å². The van der Waals surface area contributed by atoms with Crippen LogP contribution in [0.2, 0.25) is 5.15 Å². The van der Waals surface area contributed by atoms with Gasteiger partial charge >= 0.3 is 0 Å². The molecule has 0 saturated carbocycles. The summed E-state index contributed by atoms with van der Waals surface area (Å²) in [6.45, 7) is 0. The molecule has 0 saturated heterocycles. The summed E-state index contributed by atoms with van der Waals surface area (Å²) in [6, 6.07) is 5.58. The Balaban J connectivity index is 2.48. The van der Waals surface area contributed by atoms with Crippen molar-refractivity contribution in [2.75, 3.05) is 0 Å². The predicted molar refractivity (Wildman–Crippen MR) is 63.0 cm³/mol. The van der Waals surface area contributed by atoms with E-state index in [-0.39, 0.29) is 0 Å². The number of halogens is 2. The molecule has 0 bridgehead atoms. The summed E-state index contributed by atoms with van der Waals surface area (Å²) in [5.74, 6) is 0.552. The van der Waals surface area contributed by atoms with Crippen molar-refractivity contribution in [3.05, 3.63) is 39.3 Å². The highest BCUT2D eigenvalue weighted by molar-refractivity contribution is 14.1. The van der Waals surface area contributed by atoms with Gasteiger partial charge < -0.3 is 0 Å². The molecule has 3 nitrogen and oxygen atoms in total. The van der Waals surface area contributed by atoms with Crippen LogP contribution < -0.4 is 0 Å². The fourth-order valence-electron chi connectivity index (χ4n) is 0.965. The first-order valence-corrected chi connectivity index (χ1v) is 5.32. The van der Waals surface area contributed by atoms with Crippen molar-refractivity contribution in [1.82, 2.24) is 15.0 Å². The van der Waals surface area contributed by atoms with Crippen molar-refractivity contribution in [2.24, 2.45) is 0 Å². The van der Waals surface area contributed by atoms with Crippen LogP contribution in [0.25, 0.3) is 11.5 Å². The third-order valence-corrected chi connectivity index (χ3v) is 2.99. The van der Waals surface area contributed by atoms with E-state index in [0.29, 0.717) is 11.0 Å². The third-order valence-electron chi connectivity index (χ3n) is 1.60. The van der Waals surface area contributed by atoms with Crippen LogP contribution in [-0.4, -0.2) is 15.0 Å². The molecule has 0 amide bonds. The zero-order chi connectivity index (χ0) is 9.97. The standard InChI is InChI=1S/C9H5ClIN3/c10-8-6(11)5-13-9(14-8)7-3-1-2-4-12-7/h1-5H. The molecule has 0 spiro atoms. The lowest BCUT2D eigenvalue weighted by molar-refractivity contribution is 1.13. The van der Waals surface area contributed by atoms with Gasteiger partial charge in [-0.1, -0.05) is 17.7 Å². The van der Waals surface area contributed by atoms with Gasteiger partial charge in [0.1, 0.15) is 10.8 Å². The average Bonchev–Trinajstić information content (AvgIpc) is 2.23. The smallest absolute Gasteiger partial charge is 0.179 e. The summed E-state index contributed by atoms with van der Waals surface area (Å²) in [4.78, 5) is 12.4. The van der Waals surface area contributed by atoms with Crippen molar-refractivity contribution in [3.63, 3.8) is 0 Å². The van der Waals surface area contributed by atoms with E-state index in [2.05, 4.69) is 37.5 Å². The van der Waals surface area contributed by atoms with Crippen LogP contribution in [0.1, 0.15) is 0 Å². The highest BCUT2D eigenvalue weighted by Gasteiger charge is 2.04. The van der Waals surface area contributed by atoms with Crippen molar-refractivity contribution in [3.8, 4) is 11.5 Å². The molecule has 0 aliphatic carbocycles. The lowest BCUT2D eigenvalue weighted by Crippen LogP contribution is -1.92. The quantitative estimate of drug-likeness (QED) is 0.600. The molecule has 2 aromatic heterocycles. The molecule has 2 heterocycles. The molecule has 70 valence electrons.